The molecule has 0 spiro atoms. The van der Waals surface area contributed by atoms with Crippen molar-refractivity contribution in [3.05, 3.63) is 35.6 Å². The van der Waals surface area contributed by atoms with Crippen molar-refractivity contribution in [2.24, 2.45) is 0 Å². The van der Waals surface area contributed by atoms with E-state index in [1.165, 1.54) is 6.07 Å². The first-order chi connectivity index (χ1) is 7.29. The zero-order valence-corrected chi connectivity index (χ0v) is 8.71. The van der Waals surface area contributed by atoms with Crippen molar-refractivity contribution in [2.75, 3.05) is 0 Å². The van der Waals surface area contributed by atoms with Crippen LogP contribution in [0.5, 0.6) is 0 Å². The smallest absolute Gasteiger partial charge is 0.140 e. The van der Waals surface area contributed by atoms with E-state index in [4.69, 9.17) is 0 Å². The summed E-state index contributed by atoms with van der Waals surface area (Å²) >= 11 is 0. The number of hydrogen-bond acceptors (Lipinski definition) is 1. The standard InChI is InChI=1S/C13H15FO/c14-12-8-5-4-6-10(12)11-7-2-1-3-9-13(11)15/h4-6,8,11H,1-3,7,9H2. The first-order valence-corrected chi connectivity index (χ1v) is 5.56. The third kappa shape index (κ3) is 2.25. The van der Waals surface area contributed by atoms with Crippen LogP contribution in [0.3, 0.4) is 0 Å². The van der Waals surface area contributed by atoms with E-state index in [1.54, 1.807) is 18.2 Å². The normalized spacial score (nSPS) is 22.5. The van der Waals surface area contributed by atoms with Gasteiger partial charge < -0.3 is 0 Å². The molecule has 0 aromatic heterocycles. The Labute approximate surface area is 89.3 Å². The van der Waals surface area contributed by atoms with Crippen LogP contribution in [0.1, 0.15) is 43.6 Å². The maximum absolute atomic E-state index is 13.5. The van der Waals surface area contributed by atoms with E-state index in [9.17, 15) is 9.18 Å². The number of Topliss-reactive ketones (excluding diaryl/α,β-unsaturated/α-hetero) is 1. The van der Waals surface area contributed by atoms with Crippen molar-refractivity contribution in [1.82, 2.24) is 0 Å². The van der Waals surface area contributed by atoms with Crippen molar-refractivity contribution in [1.29, 1.82) is 0 Å². The molecule has 1 aromatic carbocycles. The number of carbonyl (C=O) groups excluding carboxylic acids is 1. The van der Waals surface area contributed by atoms with Gasteiger partial charge in [-0.05, 0) is 24.5 Å². The maximum Gasteiger partial charge on any atom is 0.140 e. The van der Waals surface area contributed by atoms with Crippen LogP contribution in [-0.4, -0.2) is 5.78 Å². The zero-order valence-electron chi connectivity index (χ0n) is 8.71. The first-order valence-electron chi connectivity index (χ1n) is 5.56. The molecule has 0 heterocycles. The largest absolute Gasteiger partial charge is 0.299 e. The van der Waals surface area contributed by atoms with Crippen LogP contribution in [0.15, 0.2) is 24.3 Å². The highest BCUT2D eigenvalue weighted by Gasteiger charge is 2.24. The van der Waals surface area contributed by atoms with Gasteiger partial charge in [-0.25, -0.2) is 4.39 Å². The van der Waals surface area contributed by atoms with E-state index in [0.29, 0.717) is 12.0 Å². The van der Waals surface area contributed by atoms with E-state index in [1.807, 2.05) is 0 Å². The number of halogens is 1. The van der Waals surface area contributed by atoms with Gasteiger partial charge in [0.25, 0.3) is 0 Å². The molecule has 0 aliphatic heterocycles. The van der Waals surface area contributed by atoms with Gasteiger partial charge in [-0.15, -0.1) is 0 Å². The molecular formula is C13H15FO. The molecule has 0 N–H and O–H groups in total. The summed E-state index contributed by atoms with van der Waals surface area (Å²) in [7, 11) is 0. The van der Waals surface area contributed by atoms with Crippen LogP contribution in [0.2, 0.25) is 0 Å². The summed E-state index contributed by atoms with van der Waals surface area (Å²) in [6.07, 6.45) is 4.50. The second-order valence-electron chi connectivity index (χ2n) is 4.14. The Bertz CT molecular complexity index is 359. The zero-order chi connectivity index (χ0) is 10.7. The molecule has 1 fully saturated rings. The lowest BCUT2D eigenvalue weighted by Gasteiger charge is -2.13. The number of ketones is 1. The summed E-state index contributed by atoms with van der Waals surface area (Å²) in [4.78, 5) is 11.8. The molecule has 1 nitrogen and oxygen atoms in total. The van der Waals surface area contributed by atoms with Gasteiger partial charge in [0.15, 0.2) is 0 Å². The summed E-state index contributed by atoms with van der Waals surface area (Å²) in [6, 6.07) is 6.65. The van der Waals surface area contributed by atoms with Crippen LogP contribution in [0.4, 0.5) is 4.39 Å². The van der Waals surface area contributed by atoms with E-state index < -0.39 is 0 Å². The molecule has 0 bridgehead atoms. The minimum absolute atomic E-state index is 0.200. The van der Waals surface area contributed by atoms with Gasteiger partial charge in [0, 0.05) is 12.3 Å². The molecule has 1 aromatic rings. The van der Waals surface area contributed by atoms with E-state index in [-0.39, 0.29) is 17.5 Å². The molecule has 0 amide bonds. The third-order valence-electron chi connectivity index (χ3n) is 3.09. The van der Waals surface area contributed by atoms with Gasteiger partial charge in [-0.2, -0.15) is 0 Å². The summed E-state index contributed by atoms with van der Waals surface area (Å²) in [5.74, 6) is -0.232. The van der Waals surface area contributed by atoms with E-state index >= 15 is 0 Å². The summed E-state index contributed by atoms with van der Waals surface area (Å²) in [5, 5.41) is 0. The summed E-state index contributed by atoms with van der Waals surface area (Å²) in [5.41, 5.74) is 0.587. The Kier molecular flexibility index (Phi) is 3.14. The quantitative estimate of drug-likeness (QED) is 0.643. The summed E-state index contributed by atoms with van der Waals surface area (Å²) < 4.78 is 13.5. The van der Waals surface area contributed by atoms with Crippen LogP contribution >= 0.6 is 0 Å². The second kappa shape index (κ2) is 4.56. The minimum atomic E-state index is -0.238. The van der Waals surface area contributed by atoms with Crippen LogP contribution in [0, 0.1) is 5.82 Å². The fourth-order valence-corrected chi connectivity index (χ4v) is 2.25. The highest BCUT2D eigenvalue weighted by molar-refractivity contribution is 5.85. The predicted octanol–water partition coefficient (Wildman–Crippen LogP) is 3.44. The average Bonchev–Trinajstić information content (AvgIpc) is 2.44. The molecule has 1 aliphatic rings. The highest BCUT2D eigenvalue weighted by atomic mass is 19.1. The molecule has 0 radical (unpaired) electrons. The lowest BCUT2D eigenvalue weighted by molar-refractivity contribution is -0.120. The number of hydrogen-bond donors (Lipinski definition) is 0. The van der Waals surface area contributed by atoms with Crippen molar-refractivity contribution >= 4 is 5.78 Å². The number of benzene rings is 1. The Balaban J connectivity index is 2.28. The Morgan fingerprint density at radius 2 is 1.93 bits per heavy atom. The first kappa shape index (κ1) is 10.3. The van der Waals surface area contributed by atoms with Gasteiger partial charge in [0.05, 0.1) is 0 Å². The minimum Gasteiger partial charge on any atom is -0.299 e. The van der Waals surface area contributed by atoms with Crippen molar-refractivity contribution < 1.29 is 9.18 Å². The van der Waals surface area contributed by atoms with Crippen LogP contribution in [0.25, 0.3) is 0 Å². The molecule has 0 saturated heterocycles. The van der Waals surface area contributed by atoms with Gasteiger partial charge in [0.1, 0.15) is 11.6 Å². The Morgan fingerprint density at radius 1 is 1.13 bits per heavy atom. The fourth-order valence-electron chi connectivity index (χ4n) is 2.25. The molecule has 2 heteroatoms. The molecular weight excluding hydrogens is 191 g/mol. The van der Waals surface area contributed by atoms with E-state index in [2.05, 4.69) is 0 Å². The van der Waals surface area contributed by atoms with Gasteiger partial charge >= 0.3 is 0 Å². The molecule has 1 atom stereocenters. The second-order valence-corrected chi connectivity index (χ2v) is 4.14. The van der Waals surface area contributed by atoms with Crippen molar-refractivity contribution in [2.45, 2.75) is 38.0 Å². The molecule has 80 valence electrons. The van der Waals surface area contributed by atoms with Crippen LogP contribution < -0.4 is 0 Å². The number of carbonyl (C=O) groups is 1. The lowest BCUT2D eigenvalue weighted by atomic mass is 9.90. The summed E-state index contributed by atoms with van der Waals surface area (Å²) in [6.45, 7) is 0. The monoisotopic (exact) mass is 206 g/mol. The lowest BCUT2D eigenvalue weighted by Crippen LogP contribution is -2.11. The van der Waals surface area contributed by atoms with Crippen LogP contribution in [-0.2, 0) is 4.79 Å². The van der Waals surface area contributed by atoms with Crippen molar-refractivity contribution in [3.63, 3.8) is 0 Å². The average molecular weight is 206 g/mol. The Hall–Kier alpha value is -1.18. The maximum atomic E-state index is 13.5. The third-order valence-corrected chi connectivity index (χ3v) is 3.09. The SMILES string of the molecule is O=C1CCCCCC1c1ccccc1F. The Morgan fingerprint density at radius 3 is 2.73 bits per heavy atom. The molecule has 1 saturated carbocycles. The van der Waals surface area contributed by atoms with Crippen molar-refractivity contribution in [3.8, 4) is 0 Å². The molecule has 2 rings (SSSR count). The fraction of sp³-hybridized carbons (Fsp3) is 0.462. The highest BCUT2D eigenvalue weighted by Crippen LogP contribution is 2.30. The van der Waals surface area contributed by atoms with Gasteiger partial charge in [-0.1, -0.05) is 31.0 Å². The molecule has 15 heavy (non-hydrogen) atoms. The van der Waals surface area contributed by atoms with E-state index in [0.717, 1.165) is 25.7 Å². The number of rotatable bonds is 1. The van der Waals surface area contributed by atoms with Gasteiger partial charge in [-0.3, -0.25) is 4.79 Å². The molecule has 1 unspecified atom stereocenters. The topological polar surface area (TPSA) is 17.1 Å². The van der Waals surface area contributed by atoms with Gasteiger partial charge in [0.2, 0.25) is 0 Å². The molecule has 1 aliphatic carbocycles. The predicted molar refractivity (Wildman–Crippen MR) is 57.2 cm³/mol.